The molecule has 18 heavy (non-hydrogen) atoms. The Morgan fingerprint density at radius 1 is 1.11 bits per heavy atom. The van der Waals surface area contributed by atoms with Crippen LogP contribution in [0.2, 0.25) is 5.02 Å². The summed E-state index contributed by atoms with van der Waals surface area (Å²) in [6, 6.07) is 5.81. The molecule has 0 amide bonds. The van der Waals surface area contributed by atoms with Crippen LogP contribution in [0.15, 0.2) is 35.1 Å². The summed E-state index contributed by atoms with van der Waals surface area (Å²) in [7, 11) is 0. The number of aromatic nitrogens is 2. The van der Waals surface area contributed by atoms with Crippen LogP contribution in [0.1, 0.15) is 11.4 Å². The molecule has 0 spiro atoms. The largest absolute Gasteiger partial charge is 0.462 e. The van der Waals surface area contributed by atoms with E-state index in [9.17, 15) is 0 Å². The fourth-order valence-electron chi connectivity index (χ4n) is 2.09. The SMILES string of the molecule is Cc1cc(-c2coc3cc(Cl)cnc23)cc(C)n1. The Hall–Kier alpha value is -1.87. The van der Waals surface area contributed by atoms with Crippen molar-refractivity contribution in [1.82, 2.24) is 9.97 Å². The lowest BCUT2D eigenvalue weighted by molar-refractivity contribution is 0.616. The molecule has 0 N–H and O–H groups in total. The van der Waals surface area contributed by atoms with E-state index in [1.165, 1.54) is 0 Å². The normalized spacial score (nSPS) is 11.1. The van der Waals surface area contributed by atoms with Gasteiger partial charge in [0.05, 0.1) is 5.02 Å². The molecule has 0 aliphatic carbocycles. The number of nitrogens with zero attached hydrogens (tertiary/aromatic N) is 2. The van der Waals surface area contributed by atoms with E-state index in [0.717, 1.165) is 28.0 Å². The average Bonchev–Trinajstić information content (AvgIpc) is 2.70. The first-order valence-electron chi connectivity index (χ1n) is 5.62. The molecule has 0 aromatic carbocycles. The molecule has 0 unspecified atom stereocenters. The van der Waals surface area contributed by atoms with E-state index in [1.54, 1.807) is 18.5 Å². The van der Waals surface area contributed by atoms with Gasteiger partial charge in [0.15, 0.2) is 5.58 Å². The van der Waals surface area contributed by atoms with Crippen LogP contribution < -0.4 is 0 Å². The monoisotopic (exact) mass is 258 g/mol. The van der Waals surface area contributed by atoms with Crippen LogP contribution in [-0.2, 0) is 0 Å². The quantitative estimate of drug-likeness (QED) is 0.658. The van der Waals surface area contributed by atoms with Gasteiger partial charge in [-0.05, 0) is 31.5 Å². The second-order valence-electron chi connectivity index (χ2n) is 4.29. The van der Waals surface area contributed by atoms with Crippen LogP contribution in [0.3, 0.4) is 0 Å². The molecule has 3 nitrogen and oxygen atoms in total. The minimum Gasteiger partial charge on any atom is -0.462 e. The van der Waals surface area contributed by atoms with Gasteiger partial charge in [0.2, 0.25) is 0 Å². The van der Waals surface area contributed by atoms with Crippen LogP contribution in [0, 0.1) is 13.8 Å². The van der Waals surface area contributed by atoms with Gasteiger partial charge in [-0.1, -0.05) is 11.6 Å². The van der Waals surface area contributed by atoms with Crippen LogP contribution in [-0.4, -0.2) is 9.97 Å². The molecule has 0 atom stereocenters. The van der Waals surface area contributed by atoms with Crippen molar-refractivity contribution in [3.05, 3.63) is 47.1 Å². The number of rotatable bonds is 1. The Bertz CT molecular complexity index is 713. The summed E-state index contributed by atoms with van der Waals surface area (Å²) in [4.78, 5) is 8.70. The van der Waals surface area contributed by atoms with Crippen LogP contribution in [0.4, 0.5) is 0 Å². The molecule has 3 aromatic heterocycles. The van der Waals surface area contributed by atoms with Crippen molar-refractivity contribution < 1.29 is 4.42 Å². The second kappa shape index (κ2) is 4.10. The fraction of sp³-hybridized carbons (Fsp3) is 0.143. The number of hydrogen-bond acceptors (Lipinski definition) is 3. The van der Waals surface area contributed by atoms with Gasteiger partial charge < -0.3 is 4.42 Å². The van der Waals surface area contributed by atoms with Crippen LogP contribution >= 0.6 is 11.6 Å². The van der Waals surface area contributed by atoms with Gasteiger partial charge >= 0.3 is 0 Å². The van der Waals surface area contributed by atoms with Gasteiger partial charge in [-0.25, -0.2) is 0 Å². The third kappa shape index (κ3) is 1.87. The highest BCUT2D eigenvalue weighted by Gasteiger charge is 2.10. The summed E-state index contributed by atoms with van der Waals surface area (Å²) in [5.41, 5.74) is 5.51. The van der Waals surface area contributed by atoms with E-state index in [1.807, 2.05) is 26.0 Å². The first-order valence-corrected chi connectivity index (χ1v) is 6.00. The van der Waals surface area contributed by atoms with Gasteiger partial charge in [0.25, 0.3) is 0 Å². The molecule has 3 rings (SSSR count). The van der Waals surface area contributed by atoms with E-state index in [4.69, 9.17) is 16.0 Å². The third-order valence-corrected chi connectivity index (χ3v) is 2.98. The van der Waals surface area contributed by atoms with E-state index in [2.05, 4.69) is 9.97 Å². The first-order chi connectivity index (χ1) is 8.63. The summed E-state index contributed by atoms with van der Waals surface area (Å²) in [5.74, 6) is 0. The smallest absolute Gasteiger partial charge is 0.154 e. The molecule has 0 aliphatic heterocycles. The number of aryl methyl sites for hydroxylation is 2. The zero-order valence-corrected chi connectivity index (χ0v) is 10.8. The Morgan fingerprint density at radius 2 is 1.83 bits per heavy atom. The minimum absolute atomic E-state index is 0.575. The van der Waals surface area contributed by atoms with Crippen molar-refractivity contribution in [2.75, 3.05) is 0 Å². The summed E-state index contributed by atoms with van der Waals surface area (Å²) in [6.45, 7) is 3.95. The highest BCUT2D eigenvalue weighted by Crippen LogP contribution is 2.30. The topological polar surface area (TPSA) is 38.9 Å². The molecule has 3 aromatic rings. The second-order valence-corrected chi connectivity index (χ2v) is 4.72. The van der Waals surface area contributed by atoms with Gasteiger partial charge in [-0.15, -0.1) is 0 Å². The van der Waals surface area contributed by atoms with E-state index in [0.29, 0.717) is 10.6 Å². The molecule has 0 radical (unpaired) electrons. The molecule has 0 saturated carbocycles. The Balaban J connectivity index is 2.25. The molecule has 0 fully saturated rings. The number of fused-ring (bicyclic) bond motifs is 1. The average molecular weight is 259 g/mol. The third-order valence-electron chi connectivity index (χ3n) is 2.77. The lowest BCUT2D eigenvalue weighted by Gasteiger charge is -2.02. The van der Waals surface area contributed by atoms with Crippen molar-refractivity contribution in [3.63, 3.8) is 0 Å². The number of halogens is 1. The summed E-state index contributed by atoms with van der Waals surface area (Å²) >= 11 is 5.89. The maximum absolute atomic E-state index is 5.89. The molecule has 3 heterocycles. The predicted molar refractivity (Wildman–Crippen MR) is 71.7 cm³/mol. The Morgan fingerprint density at radius 3 is 2.56 bits per heavy atom. The molecular formula is C14H11ClN2O. The molecule has 90 valence electrons. The fourth-order valence-corrected chi connectivity index (χ4v) is 2.23. The first kappa shape index (κ1) is 11.2. The molecule has 0 bridgehead atoms. The van der Waals surface area contributed by atoms with E-state index in [-0.39, 0.29) is 0 Å². The maximum Gasteiger partial charge on any atom is 0.154 e. The summed E-state index contributed by atoms with van der Waals surface area (Å²) in [5, 5.41) is 0.575. The minimum atomic E-state index is 0.575. The molecule has 0 aliphatic rings. The van der Waals surface area contributed by atoms with E-state index < -0.39 is 0 Å². The number of furan rings is 1. The van der Waals surface area contributed by atoms with Gasteiger partial charge in [-0.2, -0.15) is 0 Å². The van der Waals surface area contributed by atoms with Gasteiger partial charge in [0.1, 0.15) is 11.8 Å². The molecule has 0 saturated heterocycles. The standard InChI is InChI=1S/C14H11ClN2O/c1-8-3-10(4-9(2)17-8)12-7-18-13-5-11(15)6-16-14(12)13/h3-7H,1-2H3. The zero-order valence-electron chi connectivity index (χ0n) is 10.1. The highest BCUT2D eigenvalue weighted by atomic mass is 35.5. The van der Waals surface area contributed by atoms with Crippen LogP contribution in [0.5, 0.6) is 0 Å². The van der Waals surface area contributed by atoms with Gasteiger partial charge in [-0.3, -0.25) is 9.97 Å². The van der Waals surface area contributed by atoms with Crippen molar-refractivity contribution in [3.8, 4) is 11.1 Å². The summed E-state index contributed by atoms with van der Waals surface area (Å²) in [6.07, 6.45) is 3.34. The van der Waals surface area contributed by atoms with Crippen LogP contribution in [0.25, 0.3) is 22.2 Å². The highest BCUT2D eigenvalue weighted by molar-refractivity contribution is 6.31. The Labute approximate surface area is 109 Å². The van der Waals surface area contributed by atoms with Gasteiger partial charge in [0, 0.05) is 29.2 Å². The molecule has 4 heteroatoms. The Kier molecular flexibility index (Phi) is 2.56. The van der Waals surface area contributed by atoms with Crippen molar-refractivity contribution in [1.29, 1.82) is 0 Å². The predicted octanol–water partition coefficient (Wildman–Crippen LogP) is 4.16. The maximum atomic E-state index is 5.89. The van der Waals surface area contributed by atoms with Crippen molar-refractivity contribution in [2.24, 2.45) is 0 Å². The number of hydrogen-bond donors (Lipinski definition) is 0. The number of pyridine rings is 2. The lowest BCUT2D eigenvalue weighted by atomic mass is 10.1. The molecular weight excluding hydrogens is 248 g/mol. The van der Waals surface area contributed by atoms with E-state index >= 15 is 0 Å². The summed E-state index contributed by atoms with van der Waals surface area (Å²) < 4.78 is 5.50. The zero-order chi connectivity index (χ0) is 12.7. The lowest BCUT2D eigenvalue weighted by Crippen LogP contribution is -1.88. The van der Waals surface area contributed by atoms with Crippen molar-refractivity contribution >= 4 is 22.7 Å². The van der Waals surface area contributed by atoms with Crippen molar-refractivity contribution in [2.45, 2.75) is 13.8 Å².